The highest BCUT2D eigenvalue weighted by Gasteiger charge is 2.11. The molecule has 0 saturated heterocycles. The number of hydrogen-bond acceptors (Lipinski definition) is 5. The van der Waals surface area contributed by atoms with Crippen LogP contribution in [0.3, 0.4) is 0 Å². The molecule has 18 heavy (non-hydrogen) atoms. The molecule has 0 aromatic carbocycles. The molecule has 3 N–H and O–H groups in total. The van der Waals surface area contributed by atoms with Crippen LogP contribution < -0.4 is 11.1 Å². The first-order chi connectivity index (χ1) is 8.65. The monoisotopic (exact) mass is 262 g/mol. The van der Waals surface area contributed by atoms with Crippen molar-refractivity contribution < 1.29 is 4.79 Å². The van der Waals surface area contributed by atoms with Gasteiger partial charge >= 0.3 is 0 Å². The summed E-state index contributed by atoms with van der Waals surface area (Å²) >= 11 is 1.34. The van der Waals surface area contributed by atoms with Gasteiger partial charge in [-0.3, -0.25) is 9.78 Å². The first-order valence-electron chi connectivity index (χ1n) is 5.54. The van der Waals surface area contributed by atoms with Crippen LogP contribution in [0.25, 0.3) is 0 Å². The molecule has 0 bridgehead atoms. The molecule has 5 nitrogen and oxygen atoms in total. The van der Waals surface area contributed by atoms with Crippen LogP contribution in [0.5, 0.6) is 0 Å². The number of carbonyl (C=O) groups is 1. The van der Waals surface area contributed by atoms with Crippen LogP contribution in [-0.2, 0) is 11.2 Å². The summed E-state index contributed by atoms with van der Waals surface area (Å²) in [6, 6.07) is 3.71. The molecule has 2 aromatic rings. The van der Waals surface area contributed by atoms with Gasteiger partial charge in [0.25, 0.3) is 0 Å². The van der Waals surface area contributed by atoms with E-state index in [1.807, 2.05) is 19.1 Å². The molecule has 0 aliphatic heterocycles. The molecule has 2 heterocycles. The lowest BCUT2D eigenvalue weighted by Gasteiger charge is -2.13. The van der Waals surface area contributed by atoms with Crippen molar-refractivity contribution in [1.82, 2.24) is 15.3 Å². The lowest BCUT2D eigenvalue weighted by atomic mass is 10.1. The van der Waals surface area contributed by atoms with Crippen molar-refractivity contribution in [2.24, 2.45) is 0 Å². The normalized spacial score (nSPS) is 12.1. The average Bonchev–Trinajstić information content (AvgIpc) is 2.75. The summed E-state index contributed by atoms with van der Waals surface area (Å²) in [7, 11) is 0. The van der Waals surface area contributed by atoms with Crippen LogP contribution in [0.1, 0.15) is 24.2 Å². The molecule has 1 unspecified atom stereocenters. The zero-order valence-electron chi connectivity index (χ0n) is 9.96. The number of nitrogens with one attached hydrogen (secondary N) is 1. The van der Waals surface area contributed by atoms with Gasteiger partial charge in [0.1, 0.15) is 0 Å². The van der Waals surface area contributed by atoms with Gasteiger partial charge in [0.2, 0.25) is 5.91 Å². The van der Waals surface area contributed by atoms with E-state index in [1.54, 1.807) is 17.8 Å². The number of aromatic nitrogens is 2. The van der Waals surface area contributed by atoms with Crippen molar-refractivity contribution in [2.45, 2.75) is 19.4 Å². The van der Waals surface area contributed by atoms with Gasteiger partial charge in [-0.1, -0.05) is 6.07 Å². The topological polar surface area (TPSA) is 80.9 Å². The van der Waals surface area contributed by atoms with Gasteiger partial charge in [0.05, 0.1) is 18.2 Å². The molecule has 2 aromatic heterocycles. The van der Waals surface area contributed by atoms with Crippen molar-refractivity contribution >= 4 is 22.4 Å². The predicted octanol–water partition coefficient (Wildman–Crippen LogP) is 1.54. The van der Waals surface area contributed by atoms with Gasteiger partial charge in [-0.25, -0.2) is 4.98 Å². The fourth-order valence-corrected chi connectivity index (χ4v) is 2.14. The third kappa shape index (κ3) is 3.27. The number of carbonyl (C=O) groups excluding carboxylic acids is 1. The molecule has 0 aliphatic rings. The lowest BCUT2D eigenvalue weighted by molar-refractivity contribution is -0.121. The second-order valence-corrected chi connectivity index (χ2v) is 4.82. The molecule has 0 spiro atoms. The molecular formula is C12H14N4OS. The molecule has 2 rings (SSSR count). The number of amides is 1. The fourth-order valence-electron chi connectivity index (χ4n) is 1.58. The summed E-state index contributed by atoms with van der Waals surface area (Å²) in [5.74, 6) is -0.0725. The minimum Gasteiger partial charge on any atom is -0.375 e. The van der Waals surface area contributed by atoms with Gasteiger partial charge in [-0.05, 0) is 18.6 Å². The number of nitrogens with zero attached hydrogens (tertiary/aromatic N) is 2. The highest BCUT2D eigenvalue weighted by Crippen LogP contribution is 2.13. The second-order valence-electron chi connectivity index (χ2n) is 3.93. The molecule has 6 heteroatoms. The molecule has 0 aliphatic carbocycles. The van der Waals surface area contributed by atoms with Crippen molar-refractivity contribution in [3.05, 3.63) is 41.2 Å². The van der Waals surface area contributed by atoms with Crippen molar-refractivity contribution in [1.29, 1.82) is 0 Å². The van der Waals surface area contributed by atoms with Gasteiger partial charge in [-0.15, -0.1) is 11.3 Å². The van der Waals surface area contributed by atoms with Crippen LogP contribution in [0.2, 0.25) is 0 Å². The van der Waals surface area contributed by atoms with Crippen molar-refractivity contribution in [3.63, 3.8) is 0 Å². The maximum Gasteiger partial charge on any atom is 0.226 e. The van der Waals surface area contributed by atoms with Crippen LogP contribution >= 0.6 is 11.3 Å². The summed E-state index contributed by atoms with van der Waals surface area (Å²) in [5.41, 5.74) is 7.19. The van der Waals surface area contributed by atoms with Crippen LogP contribution in [0, 0.1) is 0 Å². The van der Waals surface area contributed by atoms with Gasteiger partial charge in [0, 0.05) is 17.8 Å². The number of hydrogen-bond donors (Lipinski definition) is 2. The zero-order valence-corrected chi connectivity index (χ0v) is 10.8. The summed E-state index contributed by atoms with van der Waals surface area (Å²) in [6.45, 7) is 1.92. The third-order valence-electron chi connectivity index (χ3n) is 2.47. The molecule has 0 saturated carbocycles. The van der Waals surface area contributed by atoms with Crippen LogP contribution in [0.15, 0.2) is 29.9 Å². The average molecular weight is 262 g/mol. The Labute approximate surface area is 109 Å². The Morgan fingerprint density at radius 3 is 3.06 bits per heavy atom. The maximum atomic E-state index is 11.8. The number of nitrogen functional groups attached to an aromatic ring is 1. The second kappa shape index (κ2) is 5.59. The summed E-state index contributed by atoms with van der Waals surface area (Å²) in [5, 5.41) is 5.18. The van der Waals surface area contributed by atoms with E-state index < -0.39 is 0 Å². The standard InChI is InChI=1S/C12H14N4OS/c1-8(9-3-2-4-14-6-9)15-11(17)5-10-7-18-12(13)16-10/h2-4,6-8H,5H2,1H3,(H2,13,16)(H,15,17). The third-order valence-corrected chi connectivity index (χ3v) is 3.20. The SMILES string of the molecule is CC(NC(=O)Cc1csc(N)n1)c1cccnc1. The Morgan fingerprint density at radius 2 is 2.44 bits per heavy atom. The zero-order chi connectivity index (χ0) is 13.0. The minimum atomic E-state index is -0.0725. The fraction of sp³-hybridized carbons (Fsp3) is 0.250. The van der Waals surface area contributed by atoms with E-state index in [0.29, 0.717) is 10.8 Å². The molecule has 1 amide bonds. The summed E-state index contributed by atoms with van der Waals surface area (Å²) in [4.78, 5) is 19.9. The lowest BCUT2D eigenvalue weighted by Crippen LogP contribution is -2.28. The Hall–Kier alpha value is -1.95. The van der Waals surface area contributed by atoms with E-state index in [-0.39, 0.29) is 18.4 Å². The molecule has 1 atom stereocenters. The quantitative estimate of drug-likeness (QED) is 0.875. The summed E-state index contributed by atoms with van der Waals surface area (Å²) in [6.07, 6.45) is 3.69. The number of pyridine rings is 1. The molecule has 94 valence electrons. The first kappa shape index (κ1) is 12.5. The van der Waals surface area contributed by atoms with Crippen molar-refractivity contribution in [3.8, 4) is 0 Å². The Morgan fingerprint density at radius 1 is 1.61 bits per heavy atom. The number of nitrogens with two attached hydrogens (primary N) is 1. The van der Waals surface area contributed by atoms with E-state index in [9.17, 15) is 4.79 Å². The minimum absolute atomic E-state index is 0.0674. The van der Waals surface area contributed by atoms with E-state index in [0.717, 1.165) is 5.56 Å². The highest BCUT2D eigenvalue weighted by atomic mass is 32.1. The van der Waals surface area contributed by atoms with Gasteiger partial charge < -0.3 is 11.1 Å². The Balaban J connectivity index is 1.92. The molecular weight excluding hydrogens is 248 g/mol. The maximum absolute atomic E-state index is 11.8. The molecule has 0 radical (unpaired) electrons. The van der Waals surface area contributed by atoms with E-state index in [4.69, 9.17) is 5.73 Å². The smallest absolute Gasteiger partial charge is 0.226 e. The van der Waals surface area contributed by atoms with Gasteiger partial charge in [0.15, 0.2) is 5.13 Å². The number of rotatable bonds is 4. The van der Waals surface area contributed by atoms with Gasteiger partial charge in [-0.2, -0.15) is 0 Å². The Bertz CT molecular complexity index is 526. The first-order valence-corrected chi connectivity index (χ1v) is 6.42. The van der Waals surface area contributed by atoms with Crippen LogP contribution in [-0.4, -0.2) is 15.9 Å². The van der Waals surface area contributed by atoms with E-state index in [2.05, 4.69) is 15.3 Å². The van der Waals surface area contributed by atoms with Crippen LogP contribution in [0.4, 0.5) is 5.13 Å². The largest absolute Gasteiger partial charge is 0.375 e. The van der Waals surface area contributed by atoms with E-state index >= 15 is 0 Å². The Kier molecular flexibility index (Phi) is 3.88. The van der Waals surface area contributed by atoms with Crippen molar-refractivity contribution in [2.75, 3.05) is 5.73 Å². The van der Waals surface area contributed by atoms with E-state index in [1.165, 1.54) is 11.3 Å². The number of anilines is 1. The number of thiazole rings is 1. The summed E-state index contributed by atoms with van der Waals surface area (Å²) < 4.78 is 0. The molecule has 0 fully saturated rings. The highest BCUT2D eigenvalue weighted by molar-refractivity contribution is 7.13. The predicted molar refractivity (Wildman–Crippen MR) is 71.0 cm³/mol.